The smallest absolute Gasteiger partial charge is 0.297 e. The quantitative estimate of drug-likeness (QED) is 0.245. The average molecular weight is 581 g/mol. The second-order valence-electron chi connectivity index (χ2n) is 10.0. The second kappa shape index (κ2) is 11.2. The molecule has 2 aromatic heterocycles. The molecule has 5 aromatic rings. The Morgan fingerprint density at radius 2 is 1.64 bits per heavy atom. The molecule has 10 heteroatoms. The van der Waals surface area contributed by atoms with Gasteiger partial charge < -0.3 is 4.90 Å². The Kier molecular flexibility index (Phi) is 7.30. The number of fused-ring (bicyclic) bond motifs is 1. The fourth-order valence-corrected chi connectivity index (χ4v) is 5.90. The fourth-order valence-electron chi connectivity index (χ4n) is 5.07. The number of anilines is 1. The van der Waals surface area contributed by atoms with Crippen molar-refractivity contribution in [1.82, 2.24) is 14.0 Å². The molecule has 0 saturated heterocycles. The number of aromatic nitrogens is 3. The first-order chi connectivity index (χ1) is 20.4. The van der Waals surface area contributed by atoms with Gasteiger partial charge in [-0.15, -0.1) is 11.3 Å². The van der Waals surface area contributed by atoms with Crippen molar-refractivity contribution in [3.63, 3.8) is 0 Å². The highest BCUT2D eigenvalue weighted by Gasteiger charge is 2.34. The van der Waals surface area contributed by atoms with Crippen LogP contribution in [0.2, 0.25) is 0 Å². The standard InChI is InChI=1S/C32H29FN6O2S/c1-4-5-19-37-26-14-10-9-13-25(26)29(30(37)40)35-38-27(22-15-17-23(33)18-16-22)20-42-32(38)34-28-21(2)36(3)39(31(28)41)24-11-7-6-8-12-24/h6-18,20H,4-5,19H2,1-3H3. The van der Waals surface area contributed by atoms with Gasteiger partial charge in [0.15, 0.2) is 11.4 Å². The molecule has 0 unspecified atom stereocenters. The lowest BCUT2D eigenvalue weighted by Gasteiger charge is -2.15. The van der Waals surface area contributed by atoms with Gasteiger partial charge in [-0.2, -0.15) is 5.10 Å². The van der Waals surface area contributed by atoms with Gasteiger partial charge in [0.1, 0.15) is 5.82 Å². The molecule has 42 heavy (non-hydrogen) atoms. The van der Waals surface area contributed by atoms with Gasteiger partial charge in [-0.25, -0.2) is 18.7 Å². The molecule has 6 rings (SSSR count). The van der Waals surface area contributed by atoms with Crippen LogP contribution in [0.4, 0.5) is 15.8 Å². The summed E-state index contributed by atoms with van der Waals surface area (Å²) in [7, 11) is 1.81. The van der Waals surface area contributed by atoms with Gasteiger partial charge in [0.05, 0.1) is 22.8 Å². The van der Waals surface area contributed by atoms with Crippen molar-refractivity contribution in [2.24, 2.45) is 17.1 Å². The van der Waals surface area contributed by atoms with E-state index in [9.17, 15) is 14.0 Å². The fraction of sp³-hybridized carbons (Fsp3) is 0.188. The van der Waals surface area contributed by atoms with Crippen LogP contribution in [0.5, 0.6) is 0 Å². The zero-order valence-electron chi connectivity index (χ0n) is 23.5. The van der Waals surface area contributed by atoms with Gasteiger partial charge in [-0.05, 0) is 55.8 Å². The highest BCUT2D eigenvalue weighted by molar-refractivity contribution is 7.07. The van der Waals surface area contributed by atoms with Crippen molar-refractivity contribution in [1.29, 1.82) is 0 Å². The number of rotatable bonds is 7. The zero-order valence-corrected chi connectivity index (χ0v) is 24.3. The van der Waals surface area contributed by atoms with E-state index >= 15 is 0 Å². The number of unbranched alkanes of at least 4 members (excludes halogenated alkanes) is 1. The molecule has 0 aliphatic carbocycles. The Balaban J connectivity index is 1.57. The Hall–Kier alpha value is -4.83. The molecule has 0 spiro atoms. The van der Waals surface area contributed by atoms with Gasteiger partial charge in [-0.1, -0.05) is 49.7 Å². The normalized spacial score (nSPS) is 14.3. The van der Waals surface area contributed by atoms with Crippen molar-refractivity contribution < 1.29 is 9.18 Å². The summed E-state index contributed by atoms with van der Waals surface area (Å²) in [6, 6.07) is 23.1. The minimum atomic E-state index is -0.357. The van der Waals surface area contributed by atoms with E-state index in [1.54, 1.807) is 31.1 Å². The van der Waals surface area contributed by atoms with E-state index in [0.717, 1.165) is 29.8 Å². The average Bonchev–Trinajstić information content (AvgIpc) is 3.59. The van der Waals surface area contributed by atoms with E-state index in [-0.39, 0.29) is 28.7 Å². The molecule has 0 fully saturated rings. The first kappa shape index (κ1) is 27.3. The van der Waals surface area contributed by atoms with E-state index in [0.29, 0.717) is 28.3 Å². The van der Waals surface area contributed by atoms with Gasteiger partial charge in [0.2, 0.25) is 4.80 Å². The maximum Gasteiger partial charge on any atom is 0.297 e. The third-order valence-electron chi connectivity index (χ3n) is 7.39. The Morgan fingerprint density at radius 1 is 0.929 bits per heavy atom. The number of benzene rings is 3. The minimum absolute atomic E-state index is 0.193. The van der Waals surface area contributed by atoms with E-state index in [1.165, 1.54) is 23.5 Å². The predicted octanol–water partition coefficient (Wildman–Crippen LogP) is 5.79. The van der Waals surface area contributed by atoms with Crippen molar-refractivity contribution in [3.8, 4) is 16.9 Å². The number of hydrogen-bond acceptors (Lipinski definition) is 5. The lowest BCUT2D eigenvalue weighted by atomic mass is 10.1. The highest BCUT2D eigenvalue weighted by atomic mass is 32.1. The number of carbonyl (C=O) groups is 1. The molecule has 1 aliphatic rings. The summed E-state index contributed by atoms with van der Waals surface area (Å²) in [5.41, 5.74) is 4.56. The van der Waals surface area contributed by atoms with E-state index < -0.39 is 0 Å². The maximum absolute atomic E-state index is 13.8. The molecule has 8 nitrogen and oxygen atoms in total. The summed E-state index contributed by atoms with van der Waals surface area (Å²) < 4.78 is 18.7. The summed E-state index contributed by atoms with van der Waals surface area (Å²) in [4.78, 5) is 34.4. The number of thiazole rings is 1. The molecule has 1 aliphatic heterocycles. The monoisotopic (exact) mass is 580 g/mol. The molecule has 0 radical (unpaired) electrons. The largest absolute Gasteiger partial charge is 0.306 e. The molecule has 0 N–H and O–H groups in total. The van der Waals surface area contributed by atoms with Gasteiger partial charge in [0, 0.05) is 30.1 Å². The number of carbonyl (C=O) groups excluding carboxylic acids is 1. The van der Waals surface area contributed by atoms with Crippen molar-refractivity contribution in [2.45, 2.75) is 26.7 Å². The van der Waals surface area contributed by atoms with Crippen molar-refractivity contribution in [2.75, 3.05) is 11.4 Å². The maximum atomic E-state index is 13.8. The van der Waals surface area contributed by atoms with Crippen LogP contribution in [0.25, 0.3) is 16.9 Å². The molecule has 212 valence electrons. The summed E-state index contributed by atoms with van der Waals surface area (Å²) in [6.45, 7) is 4.51. The molecule has 3 aromatic carbocycles. The van der Waals surface area contributed by atoms with Gasteiger partial charge in [-0.3, -0.25) is 14.3 Å². The Morgan fingerprint density at radius 3 is 2.38 bits per heavy atom. The molecule has 0 bridgehead atoms. The SMILES string of the molecule is CCCCN1C(=O)C(=Nn2c(-c3ccc(F)cc3)csc2=Nc2c(C)n(C)n(-c3ccccc3)c2=O)c2ccccc21. The lowest BCUT2D eigenvalue weighted by molar-refractivity contribution is -0.112. The van der Waals surface area contributed by atoms with Crippen LogP contribution in [0, 0.1) is 12.7 Å². The van der Waals surface area contributed by atoms with Crippen LogP contribution in [-0.2, 0) is 11.8 Å². The third-order valence-corrected chi connectivity index (χ3v) is 8.21. The number of para-hydroxylation sites is 2. The second-order valence-corrected chi connectivity index (χ2v) is 10.9. The molecular weight excluding hydrogens is 551 g/mol. The number of halogens is 1. The highest BCUT2D eigenvalue weighted by Crippen LogP contribution is 2.30. The van der Waals surface area contributed by atoms with Crippen LogP contribution >= 0.6 is 11.3 Å². The van der Waals surface area contributed by atoms with Crippen molar-refractivity contribution in [3.05, 3.63) is 116 Å². The minimum Gasteiger partial charge on any atom is -0.306 e. The summed E-state index contributed by atoms with van der Waals surface area (Å²) >= 11 is 1.29. The zero-order chi connectivity index (χ0) is 29.4. The summed E-state index contributed by atoms with van der Waals surface area (Å²) in [5, 5.41) is 6.74. The molecule has 0 atom stereocenters. The van der Waals surface area contributed by atoms with Gasteiger partial charge >= 0.3 is 0 Å². The summed E-state index contributed by atoms with van der Waals surface area (Å²) in [5.74, 6) is -0.550. The van der Waals surface area contributed by atoms with E-state index in [1.807, 2.05) is 73.9 Å². The van der Waals surface area contributed by atoms with E-state index in [4.69, 9.17) is 10.1 Å². The van der Waals surface area contributed by atoms with Crippen molar-refractivity contribution >= 4 is 34.3 Å². The Bertz CT molecular complexity index is 1950. The first-order valence-electron chi connectivity index (χ1n) is 13.7. The van der Waals surface area contributed by atoms with E-state index in [2.05, 4.69) is 6.92 Å². The molecular formula is C32H29FN6O2S. The van der Waals surface area contributed by atoms with Crippen LogP contribution in [0.15, 0.2) is 99.1 Å². The van der Waals surface area contributed by atoms with Gasteiger partial charge in [0.25, 0.3) is 11.5 Å². The lowest BCUT2D eigenvalue weighted by Crippen LogP contribution is -2.31. The van der Waals surface area contributed by atoms with Crippen LogP contribution in [-0.4, -0.2) is 32.2 Å². The third kappa shape index (κ3) is 4.73. The molecule has 3 heterocycles. The number of hydrogen-bond donors (Lipinski definition) is 0. The molecule has 0 saturated carbocycles. The topological polar surface area (TPSA) is 76.9 Å². The summed E-state index contributed by atoms with van der Waals surface area (Å²) in [6.07, 6.45) is 1.81. The predicted molar refractivity (Wildman–Crippen MR) is 164 cm³/mol. The number of nitrogens with zero attached hydrogens (tertiary/aromatic N) is 6. The Labute approximate surface area is 245 Å². The first-order valence-corrected chi connectivity index (χ1v) is 14.6. The van der Waals surface area contributed by atoms with Crippen LogP contribution in [0.1, 0.15) is 31.0 Å². The molecule has 1 amide bonds. The number of amides is 1. The van der Waals surface area contributed by atoms with Crippen LogP contribution < -0.4 is 15.3 Å². The van der Waals surface area contributed by atoms with Crippen LogP contribution in [0.3, 0.4) is 0 Å².